The summed E-state index contributed by atoms with van der Waals surface area (Å²) in [5.41, 5.74) is 1.02. The molecule has 36 heavy (non-hydrogen) atoms. The number of hydrogen-bond acceptors (Lipinski definition) is 6. The lowest BCUT2D eigenvalue weighted by Gasteiger charge is -2.30. The number of carbonyl (C=O) groups is 1. The summed E-state index contributed by atoms with van der Waals surface area (Å²) in [7, 11) is 0. The molecule has 0 saturated heterocycles. The van der Waals surface area contributed by atoms with E-state index in [1.54, 1.807) is 28.8 Å². The SMILES string of the molecule is CC(C)(O)[C@H](F)CNC(=O)c1cnc(-c2ccc3cc(C#N)cnn23)cc1NC1CCC(F)(F)CC1. The van der Waals surface area contributed by atoms with Crippen LogP contribution in [0.25, 0.3) is 16.9 Å². The Balaban J connectivity index is 1.65. The van der Waals surface area contributed by atoms with E-state index in [0.717, 1.165) is 0 Å². The largest absolute Gasteiger partial charge is 0.387 e. The van der Waals surface area contributed by atoms with E-state index in [1.807, 2.05) is 6.07 Å². The molecule has 8 nitrogen and oxygen atoms in total. The van der Waals surface area contributed by atoms with Crippen LogP contribution in [0, 0.1) is 11.3 Å². The molecule has 0 aliphatic heterocycles. The molecule has 4 rings (SSSR count). The third-order valence-electron chi connectivity index (χ3n) is 6.33. The smallest absolute Gasteiger partial charge is 0.255 e. The Kier molecular flexibility index (Phi) is 6.91. The highest BCUT2D eigenvalue weighted by Gasteiger charge is 2.35. The van der Waals surface area contributed by atoms with Gasteiger partial charge < -0.3 is 15.7 Å². The molecule has 1 aliphatic rings. The van der Waals surface area contributed by atoms with Gasteiger partial charge in [0.15, 0.2) is 0 Å². The molecule has 3 aromatic heterocycles. The molecule has 1 aliphatic carbocycles. The Morgan fingerprint density at radius 1 is 1.31 bits per heavy atom. The van der Waals surface area contributed by atoms with Gasteiger partial charge in [-0.1, -0.05) is 0 Å². The highest BCUT2D eigenvalue weighted by molar-refractivity contribution is 6.00. The predicted octanol–water partition coefficient (Wildman–Crippen LogP) is 4.10. The van der Waals surface area contributed by atoms with Gasteiger partial charge in [-0.25, -0.2) is 17.7 Å². The maximum atomic E-state index is 14.2. The Labute approximate surface area is 206 Å². The third-order valence-corrected chi connectivity index (χ3v) is 6.33. The number of aromatic nitrogens is 3. The molecule has 190 valence electrons. The monoisotopic (exact) mass is 500 g/mol. The van der Waals surface area contributed by atoms with Gasteiger partial charge in [0.1, 0.15) is 12.2 Å². The minimum absolute atomic E-state index is 0.125. The summed E-state index contributed by atoms with van der Waals surface area (Å²) in [4.78, 5) is 17.3. The third kappa shape index (κ3) is 5.60. The van der Waals surface area contributed by atoms with Gasteiger partial charge in [0, 0.05) is 25.1 Å². The van der Waals surface area contributed by atoms with Crippen molar-refractivity contribution in [3.63, 3.8) is 0 Å². The lowest BCUT2D eigenvalue weighted by atomic mass is 9.92. The van der Waals surface area contributed by atoms with E-state index in [4.69, 9.17) is 5.26 Å². The first-order chi connectivity index (χ1) is 17.0. The summed E-state index contributed by atoms with van der Waals surface area (Å²) in [6.45, 7) is 2.20. The maximum absolute atomic E-state index is 14.2. The molecule has 3 N–H and O–H groups in total. The highest BCUT2D eigenvalue weighted by atomic mass is 19.3. The Hall–Kier alpha value is -3.65. The molecule has 3 heterocycles. The average Bonchev–Trinajstić information content (AvgIpc) is 3.26. The van der Waals surface area contributed by atoms with Crippen molar-refractivity contribution < 1.29 is 23.1 Å². The molecule has 0 radical (unpaired) electrons. The van der Waals surface area contributed by atoms with Crippen LogP contribution in [-0.2, 0) is 0 Å². The van der Waals surface area contributed by atoms with E-state index in [9.17, 15) is 23.1 Å². The first kappa shape index (κ1) is 25.4. The lowest BCUT2D eigenvalue weighted by molar-refractivity contribution is -0.0361. The van der Waals surface area contributed by atoms with E-state index in [2.05, 4.69) is 20.7 Å². The van der Waals surface area contributed by atoms with Crippen LogP contribution >= 0.6 is 0 Å². The molecule has 1 atom stereocenters. The second-order valence-electron chi connectivity index (χ2n) is 9.63. The number of carbonyl (C=O) groups excluding carboxylic acids is 1. The van der Waals surface area contributed by atoms with E-state index >= 15 is 0 Å². The number of nitrogens with one attached hydrogen (secondary N) is 2. The van der Waals surface area contributed by atoms with Gasteiger partial charge in [-0.05, 0) is 51.0 Å². The zero-order valence-corrected chi connectivity index (χ0v) is 19.9. The van der Waals surface area contributed by atoms with Crippen LogP contribution in [0.3, 0.4) is 0 Å². The number of alkyl halides is 3. The Morgan fingerprint density at radius 2 is 2.03 bits per heavy atom. The molecule has 0 spiro atoms. The summed E-state index contributed by atoms with van der Waals surface area (Å²) in [6, 6.07) is 8.61. The zero-order valence-electron chi connectivity index (χ0n) is 19.9. The molecule has 1 saturated carbocycles. The molecule has 0 unspecified atom stereocenters. The van der Waals surface area contributed by atoms with Crippen LogP contribution in [0.5, 0.6) is 0 Å². The van der Waals surface area contributed by atoms with E-state index in [-0.39, 0.29) is 37.3 Å². The van der Waals surface area contributed by atoms with Gasteiger partial charge in [-0.15, -0.1) is 0 Å². The normalized spacial score (nSPS) is 16.9. The molecule has 11 heteroatoms. The van der Waals surface area contributed by atoms with Gasteiger partial charge in [0.25, 0.3) is 5.91 Å². The number of aliphatic hydroxyl groups is 1. The highest BCUT2D eigenvalue weighted by Crippen LogP contribution is 2.35. The molecule has 0 aromatic carbocycles. The van der Waals surface area contributed by atoms with Gasteiger partial charge in [0.05, 0.1) is 52.1 Å². The topological polar surface area (TPSA) is 115 Å². The predicted molar refractivity (Wildman–Crippen MR) is 127 cm³/mol. The first-order valence-corrected chi connectivity index (χ1v) is 11.6. The fourth-order valence-corrected chi connectivity index (χ4v) is 4.08. The van der Waals surface area contributed by atoms with Crippen molar-refractivity contribution in [2.75, 3.05) is 11.9 Å². The molecule has 1 amide bonds. The fraction of sp³-hybridized carbons (Fsp3) is 0.440. The number of halogens is 3. The number of nitrogens with zero attached hydrogens (tertiary/aromatic N) is 4. The lowest BCUT2D eigenvalue weighted by Crippen LogP contribution is -2.42. The number of nitriles is 1. The summed E-state index contributed by atoms with van der Waals surface area (Å²) in [5, 5.41) is 28.9. The van der Waals surface area contributed by atoms with Crippen LogP contribution in [0.2, 0.25) is 0 Å². The standard InChI is InChI=1S/C25H27F3N6O2/c1-24(2,36)22(26)14-31-23(35)18-13-30-20(10-19(18)33-16-5-7-25(27,28)8-6-16)21-4-3-17-9-15(11-29)12-32-34(17)21/h3-4,9-10,12-13,16,22,36H,5-8,14H2,1-2H3,(H,30,33)(H,31,35)/t22-/m1/s1. The zero-order chi connectivity index (χ0) is 26.1. The van der Waals surface area contributed by atoms with Crippen LogP contribution in [0.4, 0.5) is 18.9 Å². The minimum Gasteiger partial charge on any atom is -0.387 e. The average molecular weight is 501 g/mol. The number of pyridine rings is 1. The van der Waals surface area contributed by atoms with Gasteiger partial charge in [-0.2, -0.15) is 10.4 Å². The number of anilines is 1. The molecule has 3 aromatic rings. The fourth-order valence-electron chi connectivity index (χ4n) is 4.08. The van der Waals surface area contributed by atoms with E-state index in [0.29, 0.717) is 28.2 Å². The summed E-state index contributed by atoms with van der Waals surface area (Å²) in [6.07, 6.45) is 1.01. The Morgan fingerprint density at radius 3 is 2.69 bits per heavy atom. The van der Waals surface area contributed by atoms with E-state index < -0.39 is 30.1 Å². The summed E-state index contributed by atoms with van der Waals surface area (Å²) >= 11 is 0. The van der Waals surface area contributed by atoms with Crippen molar-refractivity contribution in [1.29, 1.82) is 5.26 Å². The second kappa shape index (κ2) is 9.78. The number of amides is 1. The first-order valence-electron chi connectivity index (χ1n) is 11.6. The Bertz CT molecular complexity index is 1300. The van der Waals surface area contributed by atoms with Crippen LogP contribution in [-0.4, -0.2) is 55.9 Å². The number of fused-ring (bicyclic) bond motifs is 1. The van der Waals surface area contributed by atoms with Gasteiger partial charge >= 0.3 is 0 Å². The maximum Gasteiger partial charge on any atom is 0.255 e. The molecule has 1 fully saturated rings. The van der Waals surface area contributed by atoms with Crippen molar-refractivity contribution in [1.82, 2.24) is 19.9 Å². The van der Waals surface area contributed by atoms with Crippen LogP contribution in [0.15, 0.2) is 36.7 Å². The second-order valence-corrected chi connectivity index (χ2v) is 9.63. The molecule has 0 bridgehead atoms. The van der Waals surface area contributed by atoms with Crippen molar-refractivity contribution in [2.24, 2.45) is 0 Å². The van der Waals surface area contributed by atoms with Gasteiger partial charge in [0.2, 0.25) is 5.92 Å². The summed E-state index contributed by atoms with van der Waals surface area (Å²) in [5.74, 6) is -3.31. The van der Waals surface area contributed by atoms with Crippen LogP contribution in [0.1, 0.15) is 55.5 Å². The van der Waals surface area contributed by atoms with Gasteiger partial charge in [-0.3, -0.25) is 9.78 Å². The minimum atomic E-state index is -2.70. The van der Waals surface area contributed by atoms with E-state index in [1.165, 1.54) is 26.2 Å². The van der Waals surface area contributed by atoms with Crippen LogP contribution < -0.4 is 10.6 Å². The quantitative estimate of drug-likeness (QED) is 0.450. The summed E-state index contributed by atoms with van der Waals surface area (Å²) < 4.78 is 43.1. The molecular weight excluding hydrogens is 473 g/mol. The van der Waals surface area contributed by atoms with Crippen molar-refractivity contribution >= 4 is 17.1 Å². The van der Waals surface area contributed by atoms with Crippen molar-refractivity contribution in [2.45, 2.75) is 63.3 Å². The van der Waals surface area contributed by atoms with Crippen molar-refractivity contribution in [3.8, 4) is 17.5 Å². The number of hydrogen-bond donors (Lipinski definition) is 3. The molecular formula is C25H27F3N6O2. The number of rotatable bonds is 7. The van der Waals surface area contributed by atoms with Crippen molar-refractivity contribution in [3.05, 3.63) is 47.8 Å².